The van der Waals surface area contributed by atoms with E-state index < -0.39 is 0 Å². The first-order valence-corrected chi connectivity index (χ1v) is 5.76. The predicted molar refractivity (Wildman–Crippen MR) is 60.0 cm³/mol. The van der Waals surface area contributed by atoms with E-state index in [1.807, 2.05) is 6.92 Å². The summed E-state index contributed by atoms with van der Waals surface area (Å²) in [7, 11) is 0. The number of rotatable bonds is 2. The molecule has 3 heteroatoms. The Hall–Kier alpha value is -1.09. The van der Waals surface area contributed by atoms with Crippen LogP contribution in [0, 0.1) is 12.7 Å². The summed E-state index contributed by atoms with van der Waals surface area (Å²) in [6.07, 6.45) is 2.92. The summed E-state index contributed by atoms with van der Waals surface area (Å²) in [5.41, 5.74) is 0.979. The van der Waals surface area contributed by atoms with Crippen LogP contribution in [0.2, 0.25) is 0 Å². The largest absolute Gasteiger partial charge is 0.487 e. The van der Waals surface area contributed by atoms with Crippen molar-refractivity contribution in [1.29, 1.82) is 0 Å². The Kier molecular flexibility index (Phi) is 3.44. The zero-order valence-corrected chi connectivity index (χ0v) is 9.45. The van der Waals surface area contributed by atoms with E-state index in [2.05, 4.69) is 0 Å². The van der Waals surface area contributed by atoms with Crippen LogP contribution in [0.4, 0.5) is 4.39 Å². The first-order chi connectivity index (χ1) is 7.65. The molecule has 16 heavy (non-hydrogen) atoms. The molecule has 0 aromatic heterocycles. The standard InChI is InChI=1S/C13H17FO2/c1-9-5-6-12(14)13(7-9)16-11-4-2-3-10(15)8-11/h5-7,10-11,15H,2-4,8H2,1H3. The topological polar surface area (TPSA) is 29.5 Å². The number of aryl methyl sites for hydroxylation is 1. The van der Waals surface area contributed by atoms with E-state index in [9.17, 15) is 9.50 Å². The van der Waals surface area contributed by atoms with Crippen molar-refractivity contribution in [2.75, 3.05) is 0 Å². The van der Waals surface area contributed by atoms with E-state index >= 15 is 0 Å². The van der Waals surface area contributed by atoms with Gasteiger partial charge in [0.25, 0.3) is 0 Å². The quantitative estimate of drug-likeness (QED) is 0.837. The van der Waals surface area contributed by atoms with Crippen LogP contribution in [-0.4, -0.2) is 17.3 Å². The van der Waals surface area contributed by atoms with Crippen LogP contribution in [0.15, 0.2) is 18.2 Å². The van der Waals surface area contributed by atoms with Gasteiger partial charge in [0, 0.05) is 6.42 Å². The number of hydrogen-bond acceptors (Lipinski definition) is 2. The van der Waals surface area contributed by atoms with E-state index in [0.29, 0.717) is 12.2 Å². The second-order valence-electron chi connectivity index (χ2n) is 4.49. The number of halogens is 1. The molecule has 1 aliphatic rings. The maximum atomic E-state index is 13.4. The van der Waals surface area contributed by atoms with Crippen LogP contribution in [0.3, 0.4) is 0 Å². The molecule has 88 valence electrons. The van der Waals surface area contributed by atoms with Gasteiger partial charge in [-0.15, -0.1) is 0 Å². The highest BCUT2D eigenvalue weighted by Crippen LogP contribution is 2.26. The van der Waals surface area contributed by atoms with Gasteiger partial charge in [-0.25, -0.2) is 4.39 Å². The minimum absolute atomic E-state index is 0.0555. The Morgan fingerprint density at radius 1 is 1.38 bits per heavy atom. The summed E-state index contributed by atoms with van der Waals surface area (Å²) in [6, 6.07) is 4.85. The molecule has 0 aliphatic heterocycles. The van der Waals surface area contributed by atoms with Crippen LogP contribution in [0.1, 0.15) is 31.2 Å². The summed E-state index contributed by atoms with van der Waals surface area (Å²) in [5.74, 6) is -0.0234. The fraction of sp³-hybridized carbons (Fsp3) is 0.538. The maximum absolute atomic E-state index is 13.4. The van der Waals surface area contributed by atoms with Crippen molar-refractivity contribution in [1.82, 2.24) is 0 Å². The number of benzene rings is 1. The molecule has 1 aliphatic carbocycles. The molecule has 0 spiro atoms. The number of aliphatic hydroxyl groups excluding tert-OH is 1. The lowest BCUT2D eigenvalue weighted by Crippen LogP contribution is -2.28. The minimum Gasteiger partial charge on any atom is -0.487 e. The summed E-state index contributed by atoms with van der Waals surface area (Å²) in [5, 5.41) is 9.51. The second kappa shape index (κ2) is 4.83. The normalized spacial score (nSPS) is 25.4. The summed E-state index contributed by atoms with van der Waals surface area (Å²) in [6.45, 7) is 1.90. The zero-order valence-electron chi connectivity index (χ0n) is 9.45. The average molecular weight is 224 g/mol. The highest BCUT2D eigenvalue weighted by atomic mass is 19.1. The average Bonchev–Trinajstić information content (AvgIpc) is 2.24. The lowest BCUT2D eigenvalue weighted by molar-refractivity contribution is 0.0516. The van der Waals surface area contributed by atoms with Crippen LogP contribution in [0.5, 0.6) is 5.75 Å². The van der Waals surface area contributed by atoms with Gasteiger partial charge in [0.15, 0.2) is 11.6 Å². The molecule has 2 rings (SSSR count). The molecular formula is C13H17FO2. The molecule has 2 atom stereocenters. The molecule has 0 amide bonds. The summed E-state index contributed by atoms with van der Waals surface area (Å²) < 4.78 is 19.0. The fourth-order valence-corrected chi connectivity index (χ4v) is 2.11. The van der Waals surface area contributed by atoms with Crippen LogP contribution in [-0.2, 0) is 0 Å². The molecule has 1 fully saturated rings. The predicted octanol–water partition coefficient (Wildman–Crippen LogP) is 2.82. The van der Waals surface area contributed by atoms with E-state index in [1.54, 1.807) is 12.1 Å². The third-order valence-corrected chi connectivity index (χ3v) is 2.98. The Morgan fingerprint density at radius 3 is 2.94 bits per heavy atom. The van der Waals surface area contributed by atoms with E-state index in [-0.39, 0.29) is 18.0 Å². The Balaban J connectivity index is 2.05. The van der Waals surface area contributed by atoms with E-state index in [1.165, 1.54) is 6.07 Å². The van der Waals surface area contributed by atoms with Crippen molar-refractivity contribution >= 4 is 0 Å². The van der Waals surface area contributed by atoms with Gasteiger partial charge in [0.1, 0.15) is 6.10 Å². The molecule has 0 heterocycles. The molecule has 0 saturated heterocycles. The van der Waals surface area contributed by atoms with Gasteiger partial charge in [-0.1, -0.05) is 6.07 Å². The molecule has 1 aromatic rings. The molecule has 2 nitrogen and oxygen atoms in total. The lowest BCUT2D eigenvalue weighted by Gasteiger charge is -2.26. The molecule has 0 radical (unpaired) electrons. The van der Waals surface area contributed by atoms with Crippen molar-refractivity contribution in [2.45, 2.75) is 44.8 Å². The third kappa shape index (κ3) is 2.73. The second-order valence-corrected chi connectivity index (χ2v) is 4.49. The van der Waals surface area contributed by atoms with Crippen LogP contribution >= 0.6 is 0 Å². The van der Waals surface area contributed by atoms with E-state index in [0.717, 1.165) is 24.8 Å². The van der Waals surface area contributed by atoms with Crippen molar-refractivity contribution in [3.63, 3.8) is 0 Å². The Morgan fingerprint density at radius 2 is 2.19 bits per heavy atom. The molecule has 1 N–H and O–H groups in total. The van der Waals surface area contributed by atoms with Gasteiger partial charge in [0.05, 0.1) is 6.10 Å². The lowest BCUT2D eigenvalue weighted by atomic mass is 9.95. The molecule has 2 unspecified atom stereocenters. The fourth-order valence-electron chi connectivity index (χ4n) is 2.11. The highest BCUT2D eigenvalue weighted by molar-refractivity contribution is 5.29. The van der Waals surface area contributed by atoms with Crippen molar-refractivity contribution in [2.24, 2.45) is 0 Å². The SMILES string of the molecule is Cc1ccc(F)c(OC2CCCC(O)C2)c1. The van der Waals surface area contributed by atoms with Crippen LogP contribution < -0.4 is 4.74 Å². The molecule has 0 bridgehead atoms. The van der Waals surface area contributed by atoms with Gasteiger partial charge in [-0.2, -0.15) is 0 Å². The number of ether oxygens (including phenoxy) is 1. The number of aliphatic hydroxyl groups is 1. The smallest absolute Gasteiger partial charge is 0.165 e. The molecule has 1 aromatic carbocycles. The third-order valence-electron chi connectivity index (χ3n) is 2.98. The zero-order chi connectivity index (χ0) is 11.5. The monoisotopic (exact) mass is 224 g/mol. The molecule has 1 saturated carbocycles. The van der Waals surface area contributed by atoms with Crippen molar-refractivity contribution in [3.8, 4) is 5.75 Å². The van der Waals surface area contributed by atoms with Gasteiger partial charge >= 0.3 is 0 Å². The molecular weight excluding hydrogens is 207 g/mol. The summed E-state index contributed by atoms with van der Waals surface area (Å²) in [4.78, 5) is 0. The first kappa shape index (κ1) is 11.4. The van der Waals surface area contributed by atoms with Crippen LogP contribution in [0.25, 0.3) is 0 Å². The highest BCUT2D eigenvalue weighted by Gasteiger charge is 2.22. The van der Waals surface area contributed by atoms with Gasteiger partial charge in [0.2, 0.25) is 0 Å². The minimum atomic E-state index is -0.328. The van der Waals surface area contributed by atoms with Crippen molar-refractivity contribution in [3.05, 3.63) is 29.6 Å². The van der Waals surface area contributed by atoms with Crippen molar-refractivity contribution < 1.29 is 14.2 Å². The van der Waals surface area contributed by atoms with Gasteiger partial charge < -0.3 is 9.84 Å². The first-order valence-electron chi connectivity index (χ1n) is 5.76. The Labute approximate surface area is 95.1 Å². The Bertz CT molecular complexity index is 365. The van der Waals surface area contributed by atoms with E-state index in [4.69, 9.17) is 4.74 Å². The maximum Gasteiger partial charge on any atom is 0.165 e. The van der Waals surface area contributed by atoms with Gasteiger partial charge in [-0.05, 0) is 43.9 Å². The van der Waals surface area contributed by atoms with Gasteiger partial charge in [-0.3, -0.25) is 0 Å². The summed E-state index contributed by atoms with van der Waals surface area (Å²) >= 11 is 0. The number of hydrogen-bond donors (Lipinski definition) is 1.